The molecule has 1 unspecified atom stereocenters. The van der Waals surface area contributed by atoms with E-state index in [4.69, 9.17) is 9.47 Å². The molecule has 1 aromatic carbocycles. The summed E-state index contributed by atoms with van der Waals surface area (Å²) in [6, 6.07) is 7.37. The van der Waals surface area contributed by atoms with E-state index in [1.807, 2.05) is 12.1 Å². The van der Waals surface area contributed by atoms with Crippen molar-refractivity contribution in [2.45, 2.75) is 38.5 Å². The van der Waals surface area contributed by atoms with Crippen molar-refractivity contribution in [3.05, 3.63) is 51.4 Å². The Morgan fingerprint density at radius 3 is 2.36 bits per heavy atom. The van der Waals surface area contributed by atoms with Crippen LogP contribution in [0.5, 0.6) is 0 Å². The lowest BCUT2D eigenvalue weighted by molar-refractivity contribution is -0.142. The van der Waals surface area contributed by atoms with Crippen LogP contribution in [0.15, 0.2) is 24.3 Å². The summed E-state index contributed by atoms with van der Waals surface area (Å²) >= 11 is 1.31. The summed E-state index contributed by atoms with van der Waals surface area (Å²) in [5.74, 6) is -1.41. The number of amides is 1. The summed E-state index contributed by atoms with van der Waals surface area (Å²) in [5.41, 5.74) is 2.51. The third kappa shape index (κ3) is 3.67. The molecule has 1 heterocycles. The van der Waals surface area contributed by atoms with Crippen LogP contribution in [0, 0.1) is 0 Å². The van der Waals surface area contributed by atoms with E-state index in [0.717, 1.165) is 10.4 Å². The summed E-state index contributed by atoms with van der Waals surface area (Å²) < 4.78 is 9.79. The minimum Gasteiger partial charge on any atom is -0.469 e. The average Bonchev–Trinajstić information content (AvgIpc) is 3.25. The summed E-state index contributed by atoms with van der Waals surface area (Å²) in [7, 11) is 2.61. The van der Waals surface area contributed by atoms with Crippen LogP contribution < -0.4 is 5.32 Å². The van der Waals surface area contributed by atoms with Crippen LogP contribution >= 0.6 is 11.3 Å². The zero-order chi connectivity index (χ0) is 20.4. The molecule has 1 aliphatic rings. The second kappa shape index (κ2) is 8.14. The summed E-state index contributed by atoms with van der Waals surface area (Å²) in [6.45, 7) is 4.17. The molecule has 1 amide bonds. The Balaban J connectivity index is 1.93. The van der Waals surface area contributed by atoms with Crippen LogP contribution in [0.4, 0.5) is 5.00 Å². The van der Waals surface area contributed by atoms with Gasteiger partial charge in [0.05, 0.1) is 25.7 Å². The maximum atomic E-state index is 12.7. The van der Waals surface area contributed by atoms with E-state index in [1.165, 1.54) is 25.6 Å². The van der Waals surface area contributed by atoms with Gasteiger partial charge in [-0.2, -0.15) is 0 Å². The second-order valence-electron chi connectivity index (χ2n) is 6.98. The molecular weight excluding hydrogens is 378 g/mol. The third-order valence-corrected chi connectivity index (χ3v) is 6.15. The van der Waals surface area contributed by atoms with Gasteiger partial charge in [-0.3, -0.25) is 9.59 Å². The maximum Gasteiger partial charge on any atom is 0.341 e. The Kier molecular flexibility index (Phi) is 5.84. The normalized spacial score (nSPS) is 15.2. The van der Waals surface area contributed by atoms with Crippen LogP contribution in [0.1, 0.15) is 68.8 Å². The number of hydrogen-bond acceptors (Lipinski definition) is 6. The Bertz CT molecular complexity index is 914. The van der Waals surface area contributed by atoms with E-state index in [9.17, 15) is 14.4 Å². The van der Waals surface area contributed by atoms with Crippen LogP contribution in [-0.2, 0) is 20.7 Å². The first kappa shape index (κ1) is 20.1. The number of rotatable bonds is 5. The highest BCUT2D eigenvalue weighted by molar-refractivity contribution is 7.17. The number of methoxy groups -OCH3 is 2. The van der Waals surface area contributed by atoms with Crippen molar-refractivity contribution >= 4 is 34.2 Å². The van der Waals surface area contributed by atoms with Crippen LogP contribution in [0.3, 0.4) is 0 Å². The average molecular weight is 401 g/mol. The Labute approximate surface area is 167 Å². The van der Waals surface area contributed by atoms with E-state index in [2.05, 4.69) is 19.2 Å². The number of esters is 2. The molecule has 7 heteroatoms. The molecule has 3 rings (SSSR count). The summed E-state index contributed by atoms with van der Waals surface area (Å²) in [5, 5.41) is 3.23. The van der Waals surface area contributed by atoms with Crippen molar-refractivity contribution in [3.63, 3.8) is 0 Å². The first-order valence-electron chi connectivity index (χ1n) is 9.10. The zero-order valence-electron chi connectivity index (χ0n) is 16.3. The molecule has 6 nitrogen and oxygen atoms in total. The van der Waals surface area contributed by atoms with Crippen molar-refractivity contribution in [2.24, 2.45) is 0 Å². The molecule has 0 fully saturated rings. The van der Waals surface area contributed by atoms with Gasteiger partial charge in [0.15, 0.2) is 0 Å². The molecular formula is C21H23NO5S. The predicted octanol–water partition coefficient (Wildman–Crippen LogP) is 4.11. The van der Waals surface area contributed by atoms with E-state index in [1.54, 1.807) is 12.1 Å². The molecule has 0 aliphatic heterocycles. The predicted molar refractivity (Wildman–Crippen MR) is 107 cm³/mol. The maximum absolute atomic E-state index is 12.7. The van der Waals surface area contributed by atoms with E-state index >= 15 is 0 Å². The number of anilines is 1. The number of carbonyl (C=O) groups excluding carboxylic acids is 3. The Morgan fingerprint density at radius 1 is 1.11 bits per heavy atom. The number of aryl methyl sites for hydroxylation is 1. The number of fused-ring (bicyclic) bond motifs is 1. The van der Waals surface area contributed by atoms with Gasteiger partial charge in [-0.15, -0.1) is 11.3 Å². The van der Waals surface area contributed by atoms with E-state index in [0.29, 0.717) is 34.9 Å². The van der Waals surface area contributed by atoms with Gasteiger partial charge < -0.3 is 14.8 Å². The van der Waals surface area contributed by atoms with Gasteiger partial charge in [-0.05, 0) is 42.0 Å². The number of benzene rings is 1. The molecule has 1 atom stereocenters. The quantitative estimate of drug-likeness (QED) is 0.763. The molecule has 2 aromatic rings. The first-order valence-corrected chi connectivity index (χ1v) is 9.92. The fourth-order valence-electron chi connectivity index (χ4n) is 3.43. The molecule has 0 saturated heterocycles. The molecule has 1 aliphatic carbocycles. The van der Waals surface area contributed by atoms with Crippen molar-refractivity contribution in [3.8, 4) is 0 Å². The van der Waals surface area contributed by atoms with Gasteiger partial charge in [0.1, 0.15) is 5.00 Å². The number of ether oxygens (including phenoxy) is 2. The van der Waals surface area contributed by atoms with Crippen LogP contribution in [0.25, 0.3) is 0 Å². The summed E-state index contributed by atoms with van der Waals surface area (Å²) in [6.07, 6.45) is 1.24. The topological polar surface area (TPSA) is 81.7 Å². The minimum atomic E-state index is -0.571. The van der Waals surface area contributed by atoms with Gasteiger partial charge in [-0.1, -0.05) is 26.0 Å². The van der Waals surface area contributed by atoms with Crippen LogP contribution in [-0.4, -0.2) is 32.1 Å². The molecule has 1 aromatic heterocycles. The lowest BCUT2D eigenvalue weighted by atomic mass is 9.99. The van der Waals surface area contributed by atoms with Gasteiger partial charge in [0.25, 0.3) is 5.91 Å². The third-order valence-electron chi connectivity index (χ3n) is 4.97. The highest BCUT2D eigenvalue weighted by Crippen LogP contribution is 2.46. The SMILES string of the molecule is COC(=O)c1c(NC(=O)c2ccc(C(C)C)cc2)sc2c1C(C(=O)OC)CC2. The molecule has 0 radical (unpaired) electrons. The molecule has 148 valence electrons. The molecule has 0 spiro atoms. The van der Waals surface area contributed by atoms with Crippen LogP contribution in [0.2, 0.25) is 0 Å². The van der Waals surface area contributed by atoms with Crippen molar-refractivity contribution in [1.82, 2.24) is 0 Å². The largest absolute Gasteiger partial charge is 0.469 e. The Hall–Kier alpha value is -2.67. The molecule has 0 bridgehead atoms. The molecule has 1 N–H and O–H groups in total. The number of thiophene rings is 1. The molecule has 0 saturated carbocycles. The van der Waals surface area contributed by atoms with Gasteiger partial charge in [-0.25, -0.2) is 4.79 Å². The monoisotopic (exact) mass is 401 g/mol. The standard InChI is InChI=1S/C21H23NO5S/c1-11(2)12-5-7-13(8-6-12)18(23)22-19-17(21(25)27-4)16-14(20(24)26-3)9-10-15(16)28-19/h5-8,11,14H,9-10H2,1-4H3,(H,22,23). The minimum absolute atomic E-state index is 0.252. The van der Waals surface area contributed by atoms with Crippen molar-refractivity contribution in [1.29, 1.82) is 0 Å². The van der Waals surface area contributed by atoms with E-state index in [-0.39, 0.29) is 17.4 Å². The number of nitrogens with one attached hydrogen (secondary N) is 1. The van der Waals surface area contributed by atoms with Crippen molar-refractivity contribution in [2.75, 3.05) is 19.5 Å². The highest BCUT2D eigenvalue weighted by Gasteiger charge is 2.38. The second-order valence-corrected chi connectivity index (χ2v) is 8.09. The van der Waals surface area contributed by atoms with Gasteiger partial charge in [0, 0.05) is 10.4 Å². The molecule has 28 heavy (non-hydrogen) atoms. The number of carbonyl (C=O) groups is 3. The zero-order valence-corrected chi connectivity index (χ0v) is 17.1. The highest BCUT2D eigenvalue weighted by atomic mass is 32.1. The summed E-state index contributed by atoms with van der Waals surface area (Å²) in [4.78, 5) is 38.2. The smallest absolute Gasteiger partial charge is 0.341 e. The fourth-order valence-corrected chi connectivity index (χ4v) is 4.69. The number of hydrogen-bond donors (Lipinski definition) is 1. The van der Waals surface area contributed by atoms with Gasteiger partial charge >= 0.3 is 11.9 Å². The van der Waals surface area contributed by atoms with E-state index < -0.39 is 11.9 Å². The van der Waals surface area contributed by atoms with Crippen molar-refractivity contribution < 1.29 is 23.9 Å². The van der Waals surface area contributed by atoms with Gasteiger partial charge in [0.2, 0.25) is 0 Å². The first-order chi connectivity index (χ1) is 13.4. The fraction of sp³-hybridized carbons (Fsp3) is 0.381. The lowest BCUT2D eigenvalue weighted by Gasteiger charge is -2.12. The Morgan fingerprint density at radius 2 is 1.79 bits per heavy atom. The lowest BCUT2D eigenvalue weighted by Crippen LogP contribution is -2.17.